The number of aromatic nitrogens is 1. The van der Waals surface area contributed by atoms with E-state index in [0.29, 0.717) is 42.6 Å². The van der Waals surface area contributed by atoms with E-state index < -0.39 is 12.0 Å². The van der Waals surface area contributed by atoms with E-state index in [9.17, 15) is 19.6 Å². The molecule has 2 aliphatic rings. The van der Waals surface area contributed by atoms with Crippen LogP contribution in [0.4, 0.5) is 5.82 Å². The molecule has 2 atom stereocenters. The van der Waals surface area contributed by atoms with Gasteiger partial charge in [-0.3, -0.25) is 24.6 Å². The molecule has 1 aliphatic carbocycles. The summed E-state index contributed by atoms with van der Waals surface area (Å²) in [6, 6.07) is 2.98. The lowest BCUT2D eigenvalue weighted by atomic mass is 9.91. The van der Waals surface area contributed by atoms with Crippen LogP contribution in [0.2, 0.25) is 0 Å². The minimum absolute atomic E-state index is 0.0787. The van der Waals surface area contributed by atoms with E-state index in [1.165, 1.54) is 5.01 Å². The van der Waals surface area contributed by atoms with Gasteiger partial charge >= 0.3 is 0 Å². The maximum Gasteiger partial charge on any atom is 0.249 e. The molecule has 0 radical (unpaired) electrons. The Labute approximate surface area is 176 Å². The third-order valence-electron chi connectivity index (χ3n) is 6.01. The number of amides is 3. The molecule has 1 aromatic heterocycles. The summed E-state index contributed by atoms with van der Waals surface area (Å²) < 4.78 is 0. The number of carbonyl (C=O) groups is 3. The molecular formula is C21H31N5O4. The predicted molar refractivity (Wildman–Crippen MR) is 110 cm³/mol. The first-order valence-electron chi connectivity index (χ1n) is 10.7. The standard InChI is InChI=1S/C21H31N5O4/c1-15-6-4-10-22-19(15)24-20(28)18-9-5-11-23-26(18)21(29)17(13-25(30)14-27)12-16-7-2-3-8-16/h4,6,10,14,16-18,23,30H,2-3,5,7-9,11-13H2,1H3,(H,22,24,28)/t17-,18+/m1/s1. The highest BCUT2D eigenvalue weighted by atomic mass is 16.5. The van der Waals surface area contributed by atoms with Gasteiger partial charge in [-0.1, -0.05) is 31.7 Å². The molecule has 0 unspecified atom stereocenters. The van der Waals surface area contributed by atoms with E-state index in [0.717, 1.165) is 37.7 Å². The number of carbonyl (C=O) groups excluding carboxylic acids is 3. The van der Waals surface area contributed by atoms with Crippen LogP contribution in [0, 0.1) is 18.8 Å². The van der Waals surface area contributed by atoms with E-state index in [-0.39, 0.29) is 18.4 Å². The second-order valence-corrected chi connectivity index (χ2v) is 8.24. The third-order valence-corrected chi connectivity index (χ3v) is 6.01. The van der Waals surface area contributed by atoms with Crippen molar-refractivity contribution in [3.8, 4) is 0 Å². The molecule has 1 saturated carbocycles. The van der Waals surface area contributed by atoms with Gasteiger partial charge in [-0.05, 0) is 43.7 Å². The fraction of sp³-hybridized carbons (Fsp3) is 0.619. The first kappa shape index (κ1) is 22.2. The number of aryl methyl sites for hydroxylation is 1. The molecule has 1 saturated heterocycles. The maximum atomic E-state index is 13.4. The Kier molecular flexibility index (Phi) is 7.75. The van der Waals surface area contributed by atoms with Crippen molar-refractivity contribution < 1.29 is 19.6 Å². The zero-order chi connectivity index (χ0) is 21.5. The number of nitrogens with one attached hydrogen (secondary N) is 2. The largest absolute Gasteiger partial charge is 0.309 e. The molecule has 9 nitrogen and oxygen atoms in total. The normalized spacial score (nSPS) is 20.6. The van der Waals surface area contributed by atoms with Crippen LogP contribution in [0.15, 0.2) is 18.3 Å². The highest BCUT2D eigenvalue weighted by molar-refractivity contribution is 5.97. The molecule has 1 aromatic rings. The van der Waals surface area contributed by atoms with Crippen molar-refractivity contribution in [3.63, 3.8) is 0 Å². The van der Waals surface area contributed by atoms with Crippen molar-refractivity contribution in [2.24, 2.45) is 11.8 Å². The topological polar surface area (TPSA) is 115 Å². The highest BCUT2D eigenvalue weighted by Crippen LogP contribution is 2.31. The molecule has 2 fully saturated rings. The molecule has 30 heavy (non-hydrogen) atoms. The van der Waals surface area contributed by atoms with Crippen LogP contribution in [-0.4, -0.2) is 57.6 Å². The van der Waals surface area contributed by atoms with E-state index in [1.54, 1.807) is 12.3 Å². The first-order chi connectivity index (χ1) is 14.5. The van der Waals surface area contributed by atoms with Crippen LogP contribution in [0.1, 0.15) is 50.5 Å². The molecule has 3 N–H and O–H groups in total. The van der Waals surface area contributed by atoms with Gasteiger partial charge in [0.05, 0.1) is 12.5 Å². The lowest BCUT2D eigenvalue weighted by molar-refractivity contribution is -0.161. The molecule has 164 valence electrons. The van der Waals surface area contributed by atoms with Crippen LogP contribution in [0.5, 0.6) is 0 Å². The lowest BCUT2D eigenvalue weighted by Gasteiger charge is -2.37. The second kappa shape index (κ2) is 10.5. The van der Waals surface area contributed by atoms with Crippen molar-refractivity contribution in [2.75, 3.05) is 18.4 Å². The number of anilines is 1. The Morgan fingerprint density at radius 3 is 2.83 bits per heavy atom. The first-order valence-corrected chi connectivity index (χ1v) is 10.7. The SMILES string of the molecule is Cc1cccnc1NC(=O)[C@@H]1CCCNN1C(=O)[C@H](CC1CCCC1)CN(O)C=O. The fourth-order valence-corrected chi connectivity index (χ4v) is 4.40. The summed E-state index contributed by atoms with van der Waals surface area (Å²) in [5.41, 5.74) is 3.90. The third kappa shape index (κ3) is 5.54. The summed E-state index contributed by atoms with van der Waals surface area (Å²) in [5, 5.41) is 14.5. The fourth-order valence-electron chi connectivity index (χ4n) is 4.40. The Balaban J connectivity index is 1.74. The van der Waals surface area contributed by atoms with Gasteiger partial charge in [-0.15, -0.1) is 0 Å². The van der Waals surface area contributed by atoms with E-state index in [2.05, 4.69) is 15.7 Å². The molecule has 3 rings (SSSR count). The van der Waals surface area contributed by atoms with Crippen molar-refractivity contribution in [3.05, 3.63) is 23.9 Å². The zero-order valence-electron chi connectivity index (χ0n) is 17.4. The van der Waals surface area contributed by atoms with Gasteiger partial charge in [0.25, 0.3) is 0 Å². The number of pyridine rings is 1. The van der Waals surface area contributed by atoms with Gasteiger partial charge in [0, 0.05) is 12.7 Å². The number of hydroxylamine groups is 2. The average Bonchev–Trinajstić information content (AvgIpc) is 3.27. The molecule has 0 spiro atoms. The Hall–Kier alpha value is -2.52. The summed E-state index contributed by atoms with van der Waals surface area (Å²) in [4.78, 5) is 41.5. The number of rotatable bonds is 8. The molecule has 0 aromatic carbocycles. The summed E-state index contributed by atoms with van der Waals surface area (Å²) in [6.45, 7) is 2.37. The number of hydrogen-bond acceptors (Lipinski definition) is 6. The van der Waals surface area contributed by atoms with Crippen molar-refractivity contribution in [1.29, 1.82) is 0 Å². The Morgan fingerprint density at radius 1 is 1.37 bits per heavy atom. The highest BCUT2D eigenvalue weighted by Gasteiger charge is 2.37. The zero-order valence-corrected chi connectivity index (χ0v) is 17.4. The second-order valence-electron chi connectivity index (χ2n) is 8.24. The molecule has 9 heteroatoms. The van der Waals surface area contributed by atoms with E-state index in [4.69, 9.17) is 0 Å². The van der Waals surface area contributed by atoms with Crippen LogP contribution < -0.4 is 10.7 Å². The number of nitrogens with zero attached hydrogens (tertiary/aromatic N) is 3. The number of hydrazine groups is 1. The molecule has 2 heterocycles. The minimum atomic E-state index is -0.679. The molecular weight excluding hydrogens is 386 g/mol. The van der Waals surface area contributed by atoms with Gasteiger partial charge in [-0.2, -0.15) is 0 Å². The Morgan fingerprint density at radius 2 is 2.13 bits per heavy atom. The number of hydrogen-bond donors (Lipinski definition) is 3. The van der Waals surface area contributed by atoms with Crippen LogP contribution in [0.25, 0.3) is 0 Å². The smallest absolute Gasteiger partial charge is 0.249 e. The van der Waals surface area contributed by atoms with Gasteiger partial charge in [0.15, 0.2) is 0 Å². The van der Waals surface area contributed by atoms with E-state index >= 15 is 0 Å². The van der Waals surface area contributed by atoms with Crippen LogP contribution >= 0.6 is 0 Å². The predicted octanol–water partition coefficient (Wildman–Crippen LogP) is 1.87. The maximum absolute atomic E-state index is 13.4. The van der Waals surface area contributed by atoms with Gasteiger partial charge in [-0.25, -0.2) is 15.5 Å². The van der Waals surface area contributed by atoms with Crippen molar-refractivity contribution in [1.82, 2.24) is 20.5 Å². The van der Waals surface area contributed by atoms with Crippen molar-refractivity contribution in [2.45, 2.75) is 57.9 Å². The average molecular weight is 418 g/mol. The summed E-state index contributed by atoms with van der Waals surface area (Å²) in [5.74, 6) is -0.257. The van der Waals surface area contributed by atoms with Crippen LogP contribution in [-0.2, 0) is 14.4 Å². The van der Waals surface area contributed by atoms with Crippen LogP contribution in [0.3, 0.4) is 0 Å². The summed E-state index contributed by atoms with van der Waals surface area (Å²) >= 11 is 0. The van der Waals surface area contributed by atoms with Crippen molar-refractivity contribution >= 4 is 24.0 Å². The van der Waals surface area contributed by atoms with Gasteiger partial charge < -0.3 is 5.32 Å². The lowest BCUT2D eigenvalue weighted by Crippen LogP contribution is -2.59. The summed E-state index contributed by atoms with van der Waals surface area (Å²) in [7, 11) is 0. The van der Waals surface area contributed by atoms with Gasteiger partial charge in [0.2, 0.25) is 18.2 Å². The summed E-state index contributed by atoms with van der Waals surface area (Å²) in [6.07, 6.45) is 8.18. The molecule has 3 amide bonds. The minimum Gasteiger partial charge on any atom is -0.309 e. The van der Waals surface area contributed by atoms with E-state index in [1.807, 2.05) is 13.0 Å². The monoisotopic (exact) mass is 417 g/mol. The molecule has 1 aliphatic heterocycles. The van der Waals surface area contributed by atoms with Gasteiger partial charge in [0.1, 0.15) is 11.9 Å². The molecule has 0 bridgehead atoms. The quantitative estimate of drug-likeness (QED) is 0.338. The Bertz CT molecular complexity index is 753.